The van der Waals surface area contributed by atoms with Crippen LogP contribution in [0.25, 0.3) is 21.5 Å². The van der Waals surface area contributed by atoms with Gasteiger partial charge in [0, 0.05) is 41.8 Å². The Morgan fingerprint density at radius 3 is 2.71 bits per heavy atom. The van der Waals surface area contributed by atoms with Crippen LogP contribution in [0, 0.1) is 6.92 Å². The molecule has 0 saturated carbocycles. The Balaban J connectivity index is 1.31. The molecule has 2 aliphatic heterocycles. The lowest BCUT2D eigenvalue weighted by molar-refractivity contribution is 0.141. The highest BCUT2D eigenvalue weighted by atomic mass is 32.1. The van der Waals surface area contributed by atoms with Gasteiger partial charge in [0.2, 0.25) is 0 Å². The van der Waals surface area contributed by atoms with E-state index in [9.17, 15) is 9.18 Å². The molecule has 0 aliphatic carbocycles. The van der Waals surface area contributed by atoms with E-state index in [1.807, 2.05) is 24.0 Å². The molecule has 2 saturated heterocycles. The number of hydrogen-bond acceptors (Lipinski definition) is 7. The number of amides is 2. The van der Waals surface area contributed by atoms with Crippen LogP contribution in [0.4, 0.5) is 15.0 Å². The molecule has 0 radical (unpaired) electrons. The highest BCUT2D eigenvalue weighted by molar-refractivity contribution is 7.14. The summed E-state index contributed by atoms with van der Waals surface area (Å²) in [5.74, 6) is 0.502. The number of piperidine rings is 1. The number of carbonyl (C=O) groups is 1. The van der Waals surface area contributed by atoms with E-state index in [0.717, 1.165) is 52.2 Å². The first-order valence-electron chi connectivity index (χ1n) is 10.6. The van der Waals surface area contributed by atoms with Gasteiger partial charge in [0.25, 0.3) is 0 Å². The third-order valence-electron chi connectivity index (χ3n) is 6.07. The largest absolute Gasteiger partial charge is 0.323 e. The lowest BCUT2D eigenvalue weighted by atomic mass is 9.97. The van der Waals surface area contributed by atoms with Crippen molar-refractivity contribution in [3.8, 4) is 10.6 Å². The Hall–Kier alpha value is -2.72. The number of aromatic nitrogens is 4. The van der Waals surface area contributed by atoms with Crippen LogP contribution in [0.1, 0.15) is 30.7 Å². The van der Waals surface area contributed by atoms with Gasteiger partial charge in [-0.1, -0.05) is 11.3 Å². The summed E-state index contributed by atoms with van der Waals surface area (Å²) in [6.07, 6.45) is 7.15. The maximum atomic E-state index is 13.0. The van der Waals surface area contributed by atoms with Crippen LogP contribution in [0.2, 0.25) is 0 Å². The summed E-state index contributed by atoms with van der Waals surface area (Å²) in [6, 6.07) is 4.37. The fourth-order valence-electron chi connectivity index (χ4n) is 4.74. The number of hydrogen-bond donors (Lipinski definition) is 2. The van der Waals surface area contributed by atoms with E-state index < -0.39 is 0 Å². The van der Waals surface area contributed by atoms with E-state index in [1.54, 1.807) is 12.4 Å². The van der Waals surface area contributed by atoms with Crippen molar-refractivity contribution in [1.29, 1.82) is 0 Å². The third kappa shape index (κ3) is 4.09. The average molecular weight is 442 g/mol. The first kappa shape index (κ1) is 20.2. The zero-order valence-corrected chi connectivity index (χ0v) is 18.0. The Morgan fingerprint density at radius 2 is 2.00 bits per heavy atom. The number of halogens is 1. The molecule has 5 heterocycles. The van der Waals surface area contributed by atoms with E-state index in [4.69, 9.17) is 0 Å². The average Bonchev–Trinajstić information content (AvgIpc) is 3.32. The normalized spacial score (nSPS) is 22.8. The lowest BCUT2D eigenvalue weighted by Crippen LogP contribution is -2.53. The quantitative estimate of drug-likeness (QED) is 0.629. The van der Waals surface area contributed by atoms with E-state index >= 15 is 0 Å². The van der Waals surface area contributed by atoms with E-state index in [-0.39, 0.29) is 30.8 Å². The highest BCUT2D eigenvalue weighted by Gasteiger charge is 2.43. The van der Waals surface area contributed by atoms with Crippen molar-refractivity contribution in [3.63, 3.8) is 0 Å². The van der Waals surface area contributed by atoms with Crippen molar-refractivity contribution >= 4 is 34.1 Å². The summed E-state index contributed by atoms with van der Waals surface area (Å²) in [5.41, 5.74) is 1.64. The molecule has 2 fully saturated rings. The number of rotatable bonds is 5. The van der Waals surface area contributed by atoms with Crippen LogP contribution in [0.5, 0.6) is 0 Å². The standard InChI is InChI=1S/C21H24FN7OS/c1-12-27-28-20(31-12)14-6-13-7-19(25-11-18(13)24-10-14)26-21(30)29-16-2-3-17(29)9-15(8-16)23-5-4-22/h6-7,10-11,15-17,23H,2-5,8-9H2,1H3,(H,25,26,30)/t15-,16+,17-. The molecule has 31 heavy (non-hydrogen) atoms. The Morgan fingerprint density at radius 1 is 1.19 bits per heavy atom. The number of nitrogens with zero attached hydrogens (tertiary/aromatic N) is 5. The second-order valence-electron chi connectivity index (χ2n) is 8.15. The van der Waals surface area contributed by atoms with Crippen molar-refractivity contribution < 1.29 is 9.18 Å². The second-order valence-corrected chi connectivity index (χ2v) is 9.33. The smallest absolute Gasteiger partial charge is 0.318 e. The first-order valence-corrected chi connectivity index (χ1v) is 11.4. The molecule has 2 N–H and O–H groups in total. The molecule has 3 aromatic heterocycles. The minimum atomic E-state index is -0.362. The monoisotopic (exact) mass is 441 g/mol. The van der Waals surface area contributed by atoms with Crippen LogP contribution >= 0.6 is 11.3 Å². The predicted molar refractivity (Wildman–Crippen MR) is 118 cm³/mol. The summed E-state index contributed by atoms with van der Waals surface area (Å²) >= 11 is 1.52. The number of urea groups is 1. The predicted octanol–water partition coefficient (Wildman–Crippen LogP) is 3.54. The molecule has 2 bridgehead atoms. The number of anilines is 1. The summed E-state index contributed by atoms with van der Waals surface area (Å²) in [6.45, 7) is 1.93. The van der Waals surface area contributed by atoms with Crippen molar-refractivity contribution in [1.82, 2.24) is 30.4 Å². The van der Waals surface area contributed by atoms with Crippen LogP contribution in [0.15, 0.2) is 24.5 Å². The zero-order chi connectivity index (χ0) is 21.4. The van der Waals surface area contributed by atoms with Gasteiger partial charge >= 0.3 is 6.03 Å². The van der Waals surface area contributed by atoms with E-state index in [2.05, 4.69) is 30.8 Å². The number of fused-ring (bicyclic) bond motifs is 3. The summed E-state index contributed by atoms with van der Waals surface area (Å²) in [4.78, 5) is 23.8. The van der Waals surface area contributed by atoms with Gasteiger partial charge in [0.05, 0.1) is 11.7 Å². The SMILES string of the molecule is Cc1nnc(-c2cnc3cnc(NC(=O)N4[C@@H]5CC[C@H]4C[C@@H](NCCF)C5)cc3c2)s1. The van der Waals surface area contributed by atoms with Crippen molar-refractivity contribution in [2.75, 3.05) is 18.5 Å². The van der Waals surface area contributed by atoms with Gasteiger partial charge in [0.1, 0.15) is 22.5 Å². The van der Waals surface area contributed by atoms with Gasteiger partial charge in [-0.25, -0.2) is 14.2 Å². The molecule has 2 amide bonds. The molecule has 2 aliphatic rings. The topological polar surface area (TPSA) is 95.9 Å². The summed E-state index contributed by atoms with van der Waals surface area (Å²) in [5, 5.41) is 17.1. The highest BCUT2D eigenvalue weighted by Crippen LogP contribution is 2.36. The van der Waals surface area contributed by atoms with Crippen LogP contribution in [-0.4, -0.2) is 62.4 Å². The minimum Gasteiger partial charge on any atom is -0.318 e. The number of alkyl halides is 1. The number of carbonyl (C=O) groups excluding carboxylic acids is 1. The maximum Gasteiger partial charge on any atom is 0.323 e. The second kappa shape index (κ2) is 8.43. The molecule has 0 spiro atoms. The molecule has 162 valence electrons. The third-order valence-corrected chi connectivity index (χ3v) is 6.96. The van der Waals surface area contributed by atoms with Crippen molar-refractivity contribution in [2.45, 2.75) is 50.7 Å². The van der Waals surface area contributed by atoms with Gasteiger partial charge < -0.3 is 10.2 Å². The van der Waals surface area contributed by atoms with Gasteiger partial charge in [-0.2, -0.15) is 0 Å². The zero-order valence-electron chi connectivity index (χ0n) is 17.2. The molecule has 3 aromatic rings. The van der Waals surface area contributed by atoms with Gasteiger partial charge in [0.15, 0.2) is 0 Å². The Kier molecular flexibility index (Phi) is 5.49. The molecule has 3 atom stereocenters. The number of aryl methyl sites for hydroxylation is 1. The van der Waals surface area contributed by atoms with Crippen molar-refractivity contribution in [3.05, 3.63) is 29.5 Å². The number of nitrogens with one attached hydrogen (secondary N) is 2. The molecule has 8 nitrogen and oxygen atoms in total. The maximum absolute atomic E-state index is 13.0. The Labute approximate surface area is 183 Å². The van der Waals surface area contributed by atoms with Gasteiger partial charge in [-0.3, -0.25) is 10.3 Å². The summed E-state index contributed by atoms with van der Waals surface area (Å²) in [7, 11) is 0. The van der Waals surface area contributed by atoms with Crippen molar-refractivity contribution in [2.24, 2.45) is 0 Å². The fourth-order valence-corrected chi connectivity index (χ4v) is 5.41. The van der Waals surface area contributed by atoms with Crippen LogP contribution in [-0.2, 0) is 0 Å². The molecule has 0 aromatic carbocycles. The molecule has 0 unspecified atom stereocenters. The summed E-state index contributed by atoms with van der Waals surface area (Å²) < 4.78 is 12.5. The van der Waals surface area contributed by atoms with Gasteiger partial charge in [-0.15, -0.1) is 10.2 Å². The van der Waals surface area contributed by atoms with Crippen LogP contribution in [0.3, 0.4) is 0 Å². The van der Waals surface area contributed by atoms with E-state index in [1.165, 1.54) is 11.3 Å². The molecule has 10 heteroatoms. The van der Waals surface area contributed by atoms with E-state index in [0.29, 0.717) is 12.4 Å². The lowest BCUT2D eigenvalue weighted by Gasteiger charge is -2.39. The fraction of sp³-hybridized carbons (Fsp3) is 0.476. The first-order chi connectivity index (χ1) is 15.1. The molecular weight excluding hydrogens is 417 g/mol. The number of pyridine rings is 2. The van der Waals surface area contributed by atoms with Crippen LogP contribution < -0.4 is 10.6 Å². The molecular formula is C21H24FN7OS. The van der Waals surface area contributed by atoms with Gasteiger partial charge in [-0.05, 0) is 44.7 Å². The Bertz CT molecular complexity index is 1090. The minimum absolute atomic E-state index is 0.118. The molecule has 5 rings (SSSR count).